The van der Waals surface area contributed by atoms with Gasteiger partial charge in [-0.1, -0.05) is 23.4 Å². The molecule has 0 aliphatic rings. The number of halogens is 1. The fourth-order valence-electron chi connectivity index (χ4n) is 2.31. The number of nitrogens with zero attached hydrogens (tertiary/aromatic N) is 1. The molecule has 0 aliphatic heterocycles. The van der Waals surface area contributed by atoms with Crippen LogP contribution in [0.15, 0.2) is 46.3 Å². The summed E-state index contributed by atoms with van der Waals surface area (Å²) in [7, 11) is 0. The number of rotatable bonds is 5. The number of aryl methyl sites for hydroxylation is 2. The Labute approximate surface area is 126 Å². The highest BCUT2D eigenvalue weighted by Gasteiger charge is 2.15. The van der Waals surface area contributed by atoms with Crippen LogP contribution in [0.1, 0.15) is 17.1 Å². The van der Waals surface area contributed by atoms with Gasteiger partial charge in [0.25, 0.3) is 0 Å². The van der Waals surface area contributed by atoms with Gasteiger partial charge in [-0.2, -0.15) is 0 Å². The molecule has 108 valence electrons. The number of benzene rings is 1. The van der Waals surface area contributed by atoms with Crippen molar-refractivity contribution in [3.63, 3.8) is 0 Å². The summed E-state index contributed by atoms with van der Waals surface area (Å²) in [5.74, 6) is 0.844. The van der Waals surface area contributed by atoms with E-state index in [1.165, 1.54) is 17.0 Å². The van der Waals surface area contributed by atoms with Crippen LogP contribution < -0.4 is 5.73 Å². The van der Waals surface area contributed by atoms with Crippen molar-refractivity contribution >= 4 is 17.2 Å². The summed E-state index contributed by atoms with van der Waals surface area (Å²) in [6, 6.07) is 10.4. The van der Waals surface area contributed by atoms with Crippen LogP contribution >= 0.6 is 11.3 Å². The van der Waals surface area contributed by atoms with Crippen molar-refractivity contribution in [3.8, 4) is 11.1 Å². The first kappa shape index (κ1) is 13.8. The Hall–Kier alpha value is -2.14. The lowest BCUT2D eigenvalue weighted by atomic mass is 10.0. The molecule has 2 N–H and O–H groups in total. The molecule has 2 heterocycles. The zero-order chi connectivity index (χ0) is 14.7. The van der Waals surface area contributed by atoms with E-state index in [4.69, 9.17) is 10.3 Å². The third kappa shape index (κ3) is 3.13. The summed E-state index contributed by atoms with van der Waals surface area (Å²) < 4.78 is 18.4. The van der Waals surface area contributed by atoms with E-state index in [2.05, 4.69) is 22.7 Å². The van der Waals surface area contributed by atoms with E-state index in [0.717, 1.165) is 36.1 Å². The first-order valence-electron chi connectivity index (χ1n) is 6.76. The number of aromatic nitrogens is 1. The molecule has 0 aliphatic carbocycles. The number of nitrogen functional groups attached to an aromatic ring is 1. The highest BCUT2D eigenvalue weighted by molar-refractivity contribution is 7.09. The van der Waals surface area contributed by atoms with Crippen LogP contribution in [0.25, 0.3) is 11.1 Å². The molecule has 0 fully saturated rings. The maximum Gasteiger partial charge on any atom is 0.175 e. The minimum absolute atomic E-state index is 0.270. The Morgan fingerprint density at radius 1 is 1.14 bits per heavy atom. The predicted molar refractivity (Wildman–Crippen MR) is 82.7 cm³/mol. The van der Waals surface area contributed by atoms with Gasteiger partial charge in [0.2, 0.25) is 0 Å². The van der Waals surface area contributed by atoms with Crippen molar-refractivity contribution in [1.82, 2.24) is 5.16 Å². The highest BCUT2D eigenvalue weighted by Crippen LogP contribution is 2.30. The summed E-state index contributed by atoms with van der Waals surface area (Å²) in [6.07, 6.45) is 2.72. The maximum atomic E-state index is 13.0. The van der Waals surface area contributed by atoms with Crippen LogP contribution in [-0.4, -0.2) is 5.16 Å². The van der Waals surface area contributed by atoms with Gasteiger partial charge < -0.3 is 10.3 Å². The Morgan fingerprint density at radius 2 is 1.95 bits per heavy atom. The number of hydrogen-bond donors (Lipinski definition) is 1. The first-order valence-corrected chi connectivity index (χ1v) is 7.64. The topological polar surface area (TPSA) is 52.0 Å². The fourth-order valence-corrected chi connectivity index (χ4v) is 3.06. The molecule has 0 unspecified atom stereocenters. The average Bonchev–Trinajstić information content (AvgIpc) is 3.11. The number of hydrogen-bond acceptors (Lipinski definition) is 4. The standard InChI is InChI=1S/C16H15FN2OS/c17-12-8-6-11(7-9-12)15-14(20-19-16(15)18)5-1-3-13-4-2-10-21-13/h2,4,6-10H,1,3,5H2,(H2,18,19). The normalized spacial score (nSPS) is 10.9. The molecule has 0 saturated heterocycles. The minimum atomic E-state index is -0.270. The van der Waals surface area contributed by atoms with E-state index in [1.807, 2.05) is 0 Å². The van der Waals surface area contributed by atoms with Gasteiger partial charge in [0, 0.05) is 11.3 Å². The zero-order valence-electron chi connectivity index (χ0n) is 11.4. The second kappa shape index (κ2) is 6.10. The van der Waals surface area contributed by atoms with Crippen LogP contribution in [0, 0.1) is 5.82 Å². The van der Waals surface area contributed by atoms with Crippen molar-refractivity contribution in [1.29, 1.82) is 0 Å². The van der Waals surface area contributed by atoms with Crippen LogP contribution in [0.2, 0.25) is 0 Å². The second-order valence-corrected chi connectivity index (χ2v) is 5.84. The van der Waals surface area contributed by atoms with Crippen LogP contribution in [0.4, 0.5) is 10.2 Å². The molecule has 3 aromatic rings. The summed E-state index contributed by atoms with van der Waals surface area (Å²) in [5.41, 5.74) is 7.49. The van der Waals surface area contributed by atoms with Gasteiger partial charge in [-0.05, 0) is 42.0 Å². The van der Waals surface area contributed by atoms with E-state index in [-0.39, 0.29) is 5.82 Å². The van der Waals surface area contributed by atoms with Gasteiger partial charge in [0.05, 0.1) is 5.56 Å². The molecule has 0 saturated carbocycles. The molecule has 3 nitrogen and oxygen atoms in total. The first-order chi connectivity index (χ1) is 10.2. The Morgan fingerprint density at radius 3 is 2.67 bits per heavy atom. The van der Waals surface area contributed by atoms with E-state index < -0.39 is 0 Å². The molecule has 3 rings (SSSR count). The van der Waals surface area contributed by atoms with Gasteiger partial charge in [-0.3, -0.25) is 0 Å². The minimum Gasteiger partial charge on any atom is -0.380 e. The summed E-state index contributed by atoms with van der Waals surface area (Å²) in [4.78, 5) is 1.35. The molecular weight excluding hydrogens is 287 g/mol. The smallest absolute Gasteiger partial charge is 0.175 e. The molecule has 0 radical (unpaired) electrons. The SMILES string of the molecule is Nc1noc(CCCc2cccs2)c1-c1ccc(F)cc1. The van der Waals surface area contributed by atoms with Gasteiger partial charge >= 0.3 is 0 Å². The van der Waals surface area contributed by atoms with Crippen molar-refractivity contribution in [2.75, 3.05) is 5.73 Å². The fraction of sp³-hybridized carbons (Fsp3) is 0.188. The van der Waals surface area contributed by atoms with Crippen LogP contribution in [-0.2, 0) is 12.8 Å². The molecular formula is C16H15FN2OS. The van der Waals surface area contributed by atoms with Gasteiger partial charge in [0.15, 0.2) is 5.82 Å². The van der Waals surface area contributed by atoms with Crippen molar-refractivity contribution < 1.29 is 8.91 Å². The van der Waals surface area contributed by atoms with Gasteiger partial charge in [-0.25, -0.2) is 4.39 Å². The zero-order valence-corrected chi connectivity index (χ0v) is 12.2. The van der Waals surface area contributed by atoms with E-state index >= 15 is 0 Å². The molecule has 21 heavy (non-hydrogen) atoms. The maximum absolute atomic E-state index is 13.0. The molecule has 1 aromatic carbocycles. The van der Waals surface area contributed by atoms with Crippen LogP contribution in [0.5, 0.6) is 0 Å². The second-order valence-electron chi connectivity index (χ2n) is 4.81. The number of thiophene rings is 1. The Kier molecular flexibility index (Phi) is 4.01. The third-order valence-corrected chi connectivity index (χ3v) is 4.27. The quantitative estimate of drug-likeness (QED) is 0.764. The van der Waals surface area contributed by atoms with E-state index in [0.29, 0.717) is 5.82 Å². The lowest BCUT2D eigenvalue weighted by Gasteiger charge is -2.02. The summed E-state index contributed by atoms with van der Waals surface area (Å²) in [5, 5.41) is 5.92. The van der Waals surface area contributed by atoms with Gasteiger partial charge in [-0.15, -0.1) is 11.3 Å². The molecule has 0 bridgehead atoms. The third-order valence-electron chi connectivity index (χ3n) is 3.33. The van der Waals surface area contributed by atoms with E-state index in [9.17, 15) is 4.39 Å². The molecule has 0 spiro atoms. The van der Waals surface area contributed by atoms with Crippen LogP contribution in [0.3, 0.4) is 0 Å². The molecule has 5 heteroatoms. The van der Waals surface area contributed by atoms with Gasteiger partial charge in [0.1, 0.15) is 11.6 Å². The Bertz CT molecular complexity index is 704. The van der Waals surface area contributed by atoms with E-state index in [1.54, 1.807) is 23.5 Å². The molecule has 0 atom stereocenters. The molecule has 2 aromatic heterocycles. The van der Waals surface area contributed by atoms with Crippen molar-refractivity contribution in [2.45, 2.75) is 19.3 Å². The largest absolute Gasteiger partial charge is 0.380 e. The monoisotopic (exact) mass is 302 g/mol. The number of nitrogens with two attached hydrogens (primary N) is 1. The lowest BCUT2D eigenvalue weighted by molar-refractivity contribution is 0.384. The van der Waals surface area contributed by atoms with Crippen molar-refractivity contribution in [2.24, 2.45) is 0 Å². The predicted octanol–water partition coefficient (Wildman–Crippen LogP) is 4.30. The number of anilines is 1. The lowest BCUT2D eigenvalue weighted by Crippen LogP contribution is -1.92. The Balaban J connectivity index is 1.75. The molecule has 0 amide bonds. The highest BCUT2D eigenvalue weighted by atomic mass is 32.1. The summed E-state index contributed by atoms with van der Waals surface area (Å²) in [6.45, 7) is 0. The average molecular weight is 302 g/mol. The van der Waals surface area contributed by atoms with Crippen molar-refractivity contribution in [3.05, 3.63) is 58.2 Å². The summed E-state index contributed by atoms with van der Waals surface area (Å²) >= 11 is 1.75.